The zero-order valence-corrected chi connectivity index (χ0v) is 9.82. The average molecular weight is 235 g/mol. The van der Waals surface area contributed by atoms with Crippen molar-refractivity contribution in [2.24, 2.45) is 10.9 Å². The summed E-state index contributed by atoms with van der Waals surface area (Å²) >= 11 is 0. The van der Waals surface area contributed by atoms with Crippen molar-refractivity contribution in [3.05, 3.63) is 12.7 Å². The number of amides is 2. The molecule has 92 valence electrons. The Morgan fingerprint density at radius 3 is 2.65 bits per heavy atom. The number of aliphatic imine (C=N–C) groups is 1. The second kappa shape index (κ2) is 5.12. The minimum absolute atomic E-state index is 0.259. The van der Waals surface area contributed by atoms with Gasteiger partial charge in [-0.15, -0.1) is 6.58 Å². The molecule has 0 aromatic rings. The molecule has 1 saturated heterocycles. The van der Waals surface area contributed by atoms with Gasteiger partial charge in [-0.1, -0.05) is 6.08 Å². The SMILES string of the molecule is C=CCC1C(=O)N=C(N2CCCCC2)NC1=O. The predicted octanol–water partition coefficient (Wildman–Crippen LogP) is 0.677. The van der Waals surface area contributed by atoms with E-state index in [0.717, 1.165) is 25.9 Å². The highest BCUT2D eigenvalue weighted by atomic mass is 16.2. The first-order valence-corrected chi connectivity index (χ1v) is 6.01. The number of nitrogens with one attached hydrogen (secondary N) is 1. The van der Waals surface area contributed by atoms with Crippen molar-refractivity contribution in [2.75, 3.05) is 13.1 Å². The molecule has 0 radical (unpaired) electrons. The number of carbonyl (C=O) groups excluding carboxylic acids is 2. The van der Waals surface area contributed by atoms with Crippen molar-refractivity contribution >= 4 is 17.8 Å². The molecule has 5 nitrogen and oxygen atoms in total. The summed E-state index contributed by atoms with van der Waals surface area (Å²) in [5.41, 5.74) is 0. The lowest BCUT2D eigenvalue weighted by molar-refractivity contribution is -0.133. The van der Waals surface area contributed by atoms with Crippen molar-refractivity contribution in [3.63, 3.8) is 0 Å². The van der Waals surface area contributed by atoms with Gasteiger partial charge in [0.15, 0.2) is 0 Å². The van der Waals surface area contributed by atoms with Crippen molar-refractivity contribution in [3.8, 4) is 0 Å². The van der Waals surface area contributed by atoms with Gasteiger partial charge in [0, 0.05) is 13.1 Å². The summed E-state index contributed by atoms with van der Waals surface area (Å²) in [7, 11) is 0. The summed E-state index contributed by atoms with van der Waals surface area (Å²) in [6, 6.07) is 0. The third-order valence-corrected chi connectivity index (χ3v) is 3.12. The smallest absolute Gasteiger partial charge is 0.261 e. The molecule has 17 heavy (non-hydrogen) atoms. The molecule has 2 aliphatic rings. The van der Waals surface area contributed by atoms with Gasteiger partial charge in [-0.25, -0.2) is 0 Å². The second-order valence-corrected chi connectivity index (χ2v) is 4.39. The first-order chi connectivity index (χ1) is 8.22. The summed E-state index contributed by atoms with van der Waals surface area (Å²) in [5, 5.41) is 2.72. The van der Waals surface area contributed by atoms with Crippen LogP contribution in [0.15, 0.2) is 17.6 Å². The van der Waals surface area contributed by atoms with E-state index in [1.165, 1.54) is 6.42 Å². The van der Waals surface area contributed by atoms with E-state index in [-0.39, 0.29) is 11.8 Å². The van der Waals surface area contributed by atoms with E-state index in [4.69, 9.17) is 0 Å². The van der Waals surface area contributed by atoms with Gasteiger partial charge in [0.25, 0.3) is 5.91 Å². The number of hydrogen-bond acceptors (Lipinski definition) is 3. The summed E-state index contributed by atoms with van der Waals surface area (Å²) in [6.45, 7) is 5.26. The Labute approximate surface area is 101 Å². The summed E-state index contributed by atoms with van der Waals surface area (Å²) < 4.78 is 0. The van der Waals surface area contributed by atoms with Gasteiger partial charge in [0.2, 0.25) is 11.9 Å². The first-order valence-electron chi connectivity index (χ1n) is 6.01. The molecule has 2 aliphatic heterocycles. The minimum Gasteiger partial charge on any atom is -0.342 e. The molecule has 0 aliphatic carbocycles. The van der Waals surface area contributed by atoms with Crippen LogP contribution in [0.25, 0.3) is 0 Å². The largest absolute Gasteiger partial charge is 0.342 e. The minimum atomic E-state index is -0.693. The Morgan fingerprint density at radius 1 is 1.35 bits per heavy atom. The standard InChI is InChI=1S/C12H17N3O2/c1-2-6-9-10(16)13-12(14-11(9)17)15-7-4-3-5-8-15/h2,9H,1,3-8H2,(H,13,14,16,17). The number of allylic oxidation sites excluding steroid dienone is 1. The lowest BCUT2D eigenvalue weighted by Crippen LogP contribution is -2.52. The molecular formula is C12H17N3O2. The monoisotopic (exact) mass is 235 g/mol. The van der Waals surface area contributed by atoms with Crippen molar-refractivity contribution < 1.29 is 9.59 Å². The van der Waals surface area contributed by atoms with E-state index >= 15 is 0 Å². The van der Waals surface area contributed by atoms with Crippen LogP contribution in [0.5, 0.6) is 0 Å². The third kappa shape index (κ3) is 2.54. The molecule has 1 N–H and O–H groups in total. The fraction of sp³-hybridized carbons (Fsp3) is 0.583. The Bertz CT molecular complexity index is 370. The summed E-state index contributed by atoms with van der Waals surface area (Å²) in [4.78, 5) is 29.4. The molecule has 2 amide bonds. The number of rotatable bonds is 2. The Morgan fingerprint density at radius 2 is 2.06 bits per heavy atom. The van der Waals surface area contributed by atoms with Gasteiger partial charge in [0.1, 0.15) is 5.92 Å². The Kier molecular flexibility index (Phi) is 3.56. The topological polar surface area (TPSA) is 61.8 Å². The molecule has 1 unspecified atom stereocenters. The van der Waals surface area contributed by atoms with E-state index in [1.807, 2.05) is 4.90 Å². The lowest BCUT2D eigenvalue weighted by Gasteiger charge is -2.32. The van der Waals surface area contributed by atoms with Crippen LogP contribution in [0.2, 0.25) is 0 Å². The van der Waals surface area contributed by atoms with Crippen LogP contribution in [0.4, 0.5) is 0 Å². The quantitative estimate of drug-likeness (QED) is 0.565. The maximum Gasteiger partial charge on any atom is 0.261 e. The molecule has 0 aromatic heterocycles. The van der Waals surface area contributed by atoms with Crippen molar-refractivity contribution in [1.82, 2.24) is 10.2 Å². The van der Waals surface area contributed by atoms with Crippen LogP contribution in [0.3, 0.4) is 0 Å². The van der Waals surface area contributed by atoms with E-state index in [1.54, 1.807) is 6.08 Å². The maximum atomic E-state index is 11.8. The number of carbonyl (C=O) groups is 2. The van der Waals surface area contributed by atoms with Gasteiger partial charge in [-0.2, -0.15) is 4.99 Å². The van der Waals surface area contributed by atoms with Crippen LogP contribution >= 0.6 is 0 Å². The Balaban J connectivity index is 2.10. The predicted molar refractivity (Wildman–Crippen MR) is 64.3 cm³/mol. The molecule has 0 saturated carbocycles. The number of nitrogens with zero attached hydrogens (tertiary/aromatic N) is 2. The summed E-state index contributed by atoms with van der Waals surface area (Å²) in [5.74, 6) is -0.874. The fourth-order valence-corrected chi connectivity index (χ4v) is 2.15. The lowest BCUT2D eigenvalue weighted by atomic mass is 10.0. The highest BCUT2D eigenvalue weighted by Crippen LogP contribution is 2.14. The second-order valence-electron chi connectivity index (χ2n) is 4.39. The first kappa shape index (κ1) is 11.8. The van der Waals surface area contributed by atoms with Crippen LogP contribution < -0.4 is 5.32 Å². The highest BCUT2D eigenvalue weighted by Gasteiger charge is 2.32. The fourth-order valence-electron chi connectivity index (χ4n) is 2.15. The number of guanidine groups is 1. The van der Waals surface area contributed by atoms with Crippen molar-refractivity contribution in [2.45, 2.75) is 25.7 Å². The van der Waals surface area contributed by atoms with E-state index in [2.05, 4.69) is 16.9 Å². The average Bonchev–Trinajstić information content (AvgIpc) is 2.35. The normalized spacial score (nSPS) is 25.3. The van der Waals surface area contributed by atoms with Gasteiger partial charge >= 0.3 is 0 Å². The summed E-state index contributed by atoms with van der Waals surface area (Å²) in [6.07, 6.45) is 5.29. The van der Waals surface area contributed by atoms with Crippen molar-refractivity contribution in [1.29, 1.82) is 0 Å². The molecule has 5 heteroatoms. The number of piperidine rings is 1. The molecule has 1 fully saturated rings. The van der Waals surface area contributed by atoms with E-state index in [9.17, 15) is 9.59 Å². The van der Waals surface area contributed by atoms with Crippen LogP contribution in [-0.2, 0) is 9.59 Å². The molecule has 2 heterocycles. The highest BCUT2D eigenvalue weighted by molar-refractivity contribution is 6.15. The third-order valence-electron chi connectivity index (χ3n) is 3.12. The van der Waals surface area contributed by atoms with Crippen LogP contribution in [-0.4, -0.2) is 35.8 Å². The van der Waals surface area contributed by atoms with Gasteiger partial charge in [0.05, 0.1) is 0 Å². The Hall–Kier alpha value is -1.65. The molecule has 1 atom stereocenters. The number of likely N-dealkylation sites (tertiary alicyclic amines) is 1. The van der Waals surface area contributed by atoms with Gasteiger partial charge < -0.3 is 4.90 Å². The van der Waals surface area contributed by atoms with Crippen LogP contribution in [0.1, 0.15) is 25.7 Å². The zero-order valence-electron chi connectivity index (χ0n) is 9.82. The maximum absolute atomic E-state index is 11.8. The zero-order chi connectivity index (χ0) is 12.3. The van der Waals surface area contributed by atoms with E-state index < -0.39 is 5.92 Å². The van der Waals surface area contributed by atoms with Gasteiger partial charge in [-0.05, 0) is 25.7 Å². The van der Waals surface area contributed by atoms with Crippen LogP contribution in [0, 0.1) is 5.92 Å². The van der Waals surface area contributed by atoms with E-state index in [0.29, 0.717) is 12.4 Å². The molecular weight excluding hydrogens is 218 g/mol. The number of hydrogen-bond donors (Lipinski definition) is 1. The molecule has 0 spiro atoms. The molecule has 0 bridgehead atoms. The molecule has 0 aromatic carbocycles. The molecule has 2 rings (SSSR count). The van der Waals surface area contributed by atoms with Gasteiger partial charge in [-0.3, -0.25) is 14.9 Å².